The lowest BCUT2D eigenvalue weighted by Crippen LogP contribution is -2.65. The second-order valence-corrected chi connectivity index (χ2v) is 14.8. The fourth-order valence-corrected chi connectivity index (χ4v) is 8.15. The van der Waals surface area contributed by atoms with Gasteiger partial charge in [0.15, 0.2) is 21.2 Å². The number of nitrogens with two attached hydrogens (primary N) is 1. The third-order valence-electron chi connectivity index (χ3n) is 9.28. The number of rotatable bonds is 6. The number of phenolic OH excluding ortho intramolecular Hbond substituents is 1. The van der Waals surface area contributed by atoms with Crippen LogP contribution < -0.4 is 10.6 Å². The zero-order valence-electron chi connectivity index (χ0n) is 26.7. The Hall–Kier alpha value is -4.64. The van der Waals surface area contributed by atoms with Crippen LogP contribution in [0.5, 0.6) is 5.75 Å². The van der Waals surface area contributed by atoms with Gasteiger partial charge < -0.3 is 31.1 Å². The van der Waals surface area contributed by atoms with Crippen molar-refractivity contribution in [3.8, 4) is 17.6 Å². The Kier molecular flexibility index (Phi) is 8.51. The van der Waals surface area contributed by atoms with E-state index >= 15 is 0 Å². The number of ketones is 2. The number of primary amides is 1. The number of amides is 1. The minimum atomic E-state index is -3.61. The largest absolute Gasteiger partial charge is 0.508 e. The Morgan fingerprint density at radius 1 is 1.09 bits per heavy atom. The van der Waals surface area contributed by atoms with E-state index in [2.05, 4.69) is 11.8 Å². The maximum absolute atomic E-state index is 14.1. The van der Waals surface area contributed by atoms with E-state index in [0.717, 1.165) is 5.56 Å². The van der Waals surface area contributed by atoms with Crippen LogP contribution in [0.3, 0.4) is 0 Å². The van der Waals surface area contributed by atoms with Crippen molar-refractivity contribution in [1.29, 1.82) is 0 Å². The number of sulfone groups is 1. The number of aliphatic hydroxyl groups is 3. The number of aliphatic hydroxyl groups excluding tert-OH is 2. The molecule has 0 bridgehead atoms. The molecule has 1 fully saturated rings. The molecule has 5 rings (SSSR count). The first-order chi connectivity index (χ1) is 21.9. The number of phenols is 1. The van der Waals surface area contributed by atoms with Crippen molar-refractivity contribution >= 4 is 38.8 Å². The highest BCUT2D eigenvalue weighted by atomic mass is 32.2. The average Bonchev–Trinajstić information content (AvgIpc) is 2.97. The van der Waals surface area contributed by atoms with Crippen molar-refractivity contribution in [2.75, 3.05) is 38.8 Å². The Bertz CT molecular complexity index is 1950. The van der Waals surface area contributed by atoms with Crippen molar-refractivity contribution in [1.82, 2.24) is 4.90 Å². The highest BCUT2D eigenvalue weighted by Gasteiger charge is 2.64. The van der Waals surface area contributed by atoms with E-state index in [9.17, 15) is 43.2 Å². The molecule has 12 nitrogen and oxygen atoms in total. The molecule has 0 heterocycles. The van der Waals surface area contributed by atoms with Crippen LogP contribution in [-0.2, 0) is 30.6 Å². The Labute approximate surface area is 272 Å². The van der Waals surface area contributed by atoms with Gasteiger partial charge in [-0.3, -0.25) is 19.3 Å². The molecule has 0 aliphatic heterocycles. The predicted molar refractivity (Wildman–Crippen MR) is 173 cm³/mol. The first-order valence-electron chi connectivity index (χ1n) is 14.9. The van der Waals surface area contributed by atoms with Gasteiger partial charge in [0.2, 0.25) is 5.78 Å². The van der Waals surface area contributed by atoms with Gasteiger partial charge in [0, 0.05) is 37.7 Å². The molecule has 4 atom stereocenters. The fraction of sp³-hybridized carbons (Fsp3) is 0.382. The van der Waals surface area contributed by atoms with E-state index in [1.54, 1.807) is 37.2 Å². The van der Waals surface area contributed by atoms with Gasteiger partial charge in [0.1, 0.15) is 22.8 Å². The summed E-state index contributed by atoms with van der Waals surface area (Å²) in [5, 5.41) is 45.9. The van der Waals surface area contributed by atoms with Crippen LogP contribution in [0, 0.1) is 30.6 Å². The minimum Gasteiger partial charge on any atom is -0.508 e. The zero-order chi connectivity index (χ0) is 34.7. The molecule has 3 aliphatic rings. The molecule has 0 radical (unpaired) electrons. The number of fused-ring (bicyclic) bond motifs is 3. The molecule has 13 heteroatoms. The van der Waals surface area contributed by atoms with Crippen LogP contribution in [0.25, 0.3) is 5.76 Å². The summed E-state index contributed by atoms with van der Waals surface area (Å²) >= 11 is 0. The Morgan fingerprint density at radius 2 is 1.72 bits per heavy atom. The average molecular weight is 664 g/mol. The molecular formula is C34H37N3O9S. The number of likely N-dealkylation sites (N-methyl/N-ethyl adjacent to an activating group) is 1. The quantitative estimate of drug-likeness (QED) is 0.222. The summed E-state index contributed by atoms with van der Waals surface area (Å²) in [4.78, 5) is 43.0. The number of hydrogen-bond acceptors (Lipinski definition) is 11. The number of carbonyl (C=O) groups excluding carboxylic acids is 3. The SMILES string of the molecule is Cc1ccc(S(=O)(=O)CCC#Cc2cc(N(C)C)c3c(c2O)C(O)=C2C(=O)[C@@]4(O)C(O)=C(C(N)=O)C(=O)[C@H](N(C)C)[C@H]4C[C@H]2C3)cc1. The van der Waals surface area contributed by atoms with E-state index in [4.69, 9.17) is 5.73 Å². The van der Waals surface area contributed by atoms with Crippen molar-refractivity contribution < 1.29 is 43.2 Å². The molecule has 0 saturated heterocycles. The molecule has 2 aromatic rings. The first-order valence-corrected chi connectivity index (χ1v) is 16.6. The van der Waals surface area contributed by atoms with Gasteiger partial charge in [0.05, 0.1) is 27.8 Å². The predicted octanol–water partition coefficient (Wildman–Crippen LogP) is 1.55. The fourth-order valence-electron chi connectivity index (χ4n) is 6.99. The molecule has 47 heavy (non-hydrogen) atoms. The topological polar surface area (TPSA) is 199 Å². The van der Waals surface area contributed by atoms with E-state index < -0.39 is 73.6 Å². The molecule has 0 spiro atoms. The third-order valence-corrected chi connectivity index (χ3v) is 11.0. The van der Waals surface area contributed by atoms with Gasteiger partial charge >= 0.3 is 0 Å². The summed E-state index contributed by atoms with van der Waals surface area (Å²) in [5.41, 5.74) is 3.44. The smallest absolute Gasteiger partial charge is 0.255 e. The van der Waals surface area contributed by atoms with Crippen LogP contribution >= 0.6 is 0 Å². The number of aromatic hydroxyl groups is 1. The van der Waals surface area contributed by atoms with E-state index in [-0.39, 0.29) is 46.6 Å². The summed E-state index contributed by atoms with van der Waals surface area (Å²) in [5.74, 6) is -2.07. The Balaban J connectivity index is 1.59. The number of carbonyl (C=O) groups is 3. The zero-order valence-corrected chi connectivity index (χ0v) is 27.5. The van der Waals surface area contributed by atoms with Crippen LogP contribution in [0.15, 0.2) is 52.1 Å². The molecule has 0 unspecified atom stereocenters. The van der Waals surface area contributed by atoms with Crippen molar-refractivity contribution in [3.05, 3.63) is 69.5 Å². The maximum Gasteiger partial charge on any atom is 0.255 e. The highest BCUT2D eigenvalue weighted by molar-refractivity contribution is 7.91. The van der Waals surface area contributed by atoms with Gasteiger partial charge in [-0.1, -0.05) is 29.5 Å². The summed E-state index contributed by atoms with van der Waals surface area (Å²) in [6, 6.07) is 6.90. The third kappa shape index (κ3) is 5.36. The lowest BCUT2D eigenvalue weighted by atomic mass is 9.57. The molecule has 0 aromatic heterocycles. The number of nitrogens with zero attached hydrogens (tertiary/aromatic N) is 2. The molecule has 248 valence electrons. The molecule has 1 amide bonds. The second kappa shape index (κ2) is 11.9. The normalized spacial score (nSPS) is 23.9. The highest BCUT2D eigenvalue weighted by Crippen LogP contribution is 2.54. The first kappa shape index (κ1) is 33.7. The van der Waals surface area contributed by atoms with E-state index in [0.29, 0.717) is 11.3 Å². The molecule has 6 N–H and O–H groups in total. The summed E-state index contributed by atoms with van der Waals surface area (Å²) in [6.45, 7) is 1.85. The van der Waals surface area contributed by atoms with Crippen molar-refractivity contribution in [3.63, 3.8) is 0 Å². The lowest BCUT2D eigenvalue weighted by molar-refractivity contribution is -0.153. The van der Waals surface area contributed by atoms with Crippen molar-refractivity contribution in [2.45, 2.75) is 42.7 Å². The van der Waals surface area contributed by atoms with Crippen molar-refractivity contribution in [2.24, 2.45) is 17.6 Å². The summed E-state index contributed by atoms with van der Waals surface area (Å²) in [7, 11) is 2.96. The summed E-state index contributed by atoms with van der Waals surface area (Å²) < 4.78 is 25.5. The van der Waals surface area contributed by atoms with Crippen LogP contribution in [0.2, 0.25) is 0 Å². The molecule has 2 aromatic carbocycles. The van der Waals surface area contributed by atoms with Gasteiger partial charge in [-0.25, -0.2) is 8.42 Å². The number of anilines is 1. The Morgan fingerprint density at radius 3 is 2.30 bits per heavy atom. The minimum absolute atomic E-state index is 0.0313. The van der Waals surface area contributed by atoms with Gasteiger partial charge in [-0.2, -0.15) is 0 Å². The standard InChI is InChI=1S/C34H37N3O9S/c1-17-9-11-20(12-10-17)47(45,46)13-7-6-8-18-16-23(36(2)3)21-14-19-15-22-27(37(4)5)30(40)26(33(35)43)32(42)34(22,44)31(41)24(19)29(39)25(21)28(18)38/h9-12,16,19,22,27,38-39,42,44H,7,13-15H2,1-5H3,(H2,35,43)/t19-,22-,27-,34-/m1/s1. The van der Waals surface area contributed by atoms with Gasteiger partial charge in [0.25, 0.3) is 5.91 Å². The molecule has 3 aliphatic carbocycles. The van der Waals surface area contributed by atoms with E-state index in [1.807, 2.05) is 6.92 Å². The monoisotopic (exact) mass is 663 g/mol. The van der Waals surface area contributed by atoms with Crippen LogP contribution in [0.1, 0.15) is 35.1 Å². The lowest BCUT2D eigenvalue weighted by Gasteiger charge is -2.50. The molecular weight excluding hydrogens is 626 g/mol. The van der Waals surface area contributed by atoms with Gasteiger partial charge in [-0.15, -0.1) is 0 Å². The second-order valence-electron chi connectivity index (χ2n) is 12.7. The number of hydrogen-bond donors (Lipinski definition) is 5. The summed E-state index contributed by atoms with van der Waals surface area (Å²) in [6.07, 6.45) is 0.0418. The number of Topliss-reactive ketones (excluding diaryl/α,β-unsaturated/α-hetero) is 2. The van der Waals surface area contributed by atoms with Gasteiger partial charge in [-0.05, 0) is 63.5 Å². The van der Waals surface area contributed by atoms with Crippen LogP contribution in [-0.4, -0.2) is 96.8 Å². The van der Waals surface area contributed by atoms with Crippen LogP contribution in [0.4, 0.5) is 5.69 Å². The molecule has 1 saturated carbocycles. The number of benzene rings is 2. The van der Waals surface area contributed by atoms with E-state index in [1.165, 1.54) is 31.1 Å². The maximum atomic E-state index is 14.1. The number of aryl methyl sites for hydroxylation is 1.